The second-order valence-electron chi connectivity index (χ2n) is 10.1. The van der Waals surface area contributed by atoms with E-state index >= 15 is 0 Å². The average molecular weight is 521 g/mol. The number of carbonyl (C=O) groups excluding carboxylic acids is 1. The predicted molar refractivity (Wildman–Crippen MR) is 154 cm³/mol. The van der Waals surface area contributed by atoms with Gasteiger partial charge in [-0.2, -0.15) is 0 Å². The smallest absolute Gasteiger partial charge is 0.221 e. The Bertz CT molecular complexity index is 1670. The number of amides is 1. The van der Waals surface area contributed by atoms with E-state index in [1.54, 1.807) is 0 Å². The molecule has 198 valence electrons. The van der Waals surface area contributed by atoms with Gasteiger partial charge < -0.3 is 19.9 Å². The highest BCUT2D eigenvalue weighted by molar-refractivity contribution is 5.88. The first-order valence-corrected chi connectivity index (χ1v) is 13.5. The second kappa shape index (κ2) is 10.8. The van der Waals surface area contributed by atoms with E-state index in [-0.39, 0.29) is 11.9 Å². The number of ether oxygens (including phenoxy) is 1. The maximum absolute atomic E-state index is 11.6. The lowest BCUT2D eigenvalue weighted by Crippen LogP contribution is -2.40. The number of aryl methyl sites for hydroxylation is 1. The van der Waals surface area contributed by atoms with Crippen LogP contribution in [0.15, 0.2) is 59.7 Å². The van der Waals surface area contributed by atoms with Gasteiger partial charge >= 0.3 is 0 Å². The number of fused-ring (bicyclic) bond motifs is 2. The molecule has 1 aromatic carbocycles. The number of nitrogens with zero attached hydrogens (tertiary/aromatic N) is 4. The fourth-order valence-corrected chi connectivity index (χ4v) is 5.14. The fourth-order valence-electron chi connectivity index (χ4n) is 5.14. The SMILES string of the molecule is CC(=O)Nc1ccc(-n2c3cc(=NC4CCOCC4)c(Nc4ccc(C)nc4)cc-3nc3c2=CCCC=3)cc1. The maximum Gasteiger partial charge on any atom is 0.221 e. The van der Waals surface area contributed by atoms with Gasteiger partial charge in [0.1, 0.15) is 0 Å². The van der Waals surface area contributed by atoms with E-state index in [1.165, 1.54) is 6.92 Å². The fraction of sp³-hybridized carbons (Fsp3) is 0.290. The molecule has 3 heterocycles. The van der Waals surface area contributed by atoms with Crippen molar-refractivity contribution in [1.29, 1.82) is 0 Å². The molecule has 39 heavy (non-hydrogen) atoms. The summed E-state index contributed by atoms with van der Waals surface area (Å²) in [7, 11) is 0. The first-order valence-electron chi connectivity index (χ1n) is 13.5. The summed E-state index contributed by atoms with van der Waals surface area (Å²) in [5, 5.41) is 9.34. The summed E-state index contributed by atoms with van der Waals surface area (Å²) in [6, 6.07) is 16.4. The molecule has 4 aliphatic rings. The van der Waals surface area contributed by atoms with Crippen LogP contribution in [0.1, 0.15) is 38.3 Å². The van der Waals surface area contributed by atoms with Crippen molar-refractivity contribution in [3.8, 4) is 17.1 Å². The lowest BCUT2D eigenvalue weighted by Gasteiger charge is -2.22. The van der Waals surface area contributed by atoms with Crippen LogP contribution in [0.5, 0.6) is 0 Å². The van der Waals surface area contributed by atoms with E-state index < -0.39 is 0 Å². The van der Waals surface area contributed by atoms with Gasteiger partial charge in [0, 0.05) is 37.2 Å². The van der Waals surface area contributed by atoms with Crippen molar-refractivity contribution in [2.45, 2.75) is 45.6 Å². The summed E-state index contributed by atoms with van der Waals surface area (Å²) < 4.78 is 7.84. The Morgan fingerprint density at radius 3 is 2.54 bits per heavy atom. The molecule has 6 rings (SSSR count). The zero-order chi connectivity index (χ0) is 26.8. The summed E-state index contributed by atoms with van der Waals surface area (Å²) in [6.45, 7) is 4.95. The Hall–Kier alpha value is -4.30. The number of aromatic nitrogens is 3. The van der Waals surface area contributed by atoms with Gasteiger partial charge in [-0.1, -0.05) is 12.2 Å². The highest BCUT2D eigenvalue weighted by Crippen LogP contribution is 2.25. The summed E-state index contributed by atoms with van der Waals surface area (Å²) in [4.78, 5) is 26.3. The van der Waals surface area contributed by atoms with Crippen molar-refractivity contribution in [3.63, 3.8) is 0 Å². The Morgan fingerprint density at radius 2 is 1.79 bits per heavy atom. The third-order valence-corrected chi connectivity index (χ3v) is 7.07. The van der Waals surface area contributed by atoms with Gasteiger partial charge in [0.15, 0.2) is 0 Å². The molecule has 0 atom stereocenters. The maximum atomic E-state index is 11.6. The van der Waals surface area contributed by atoms with Crippen LogP contribution in [0.2, 0.25) is 0 Å². The van der Waals surface area contributed by atoms with Crippen molar-refractivity contribution >= 4 is 35.1 Å². The molecule has 0 saturated carbocycles. The molecule has 1 aromatic heterocycles. The van der Waals surface area contributed by atoms with Crippen LogP contribution < -0.4 is 26.7 Å². The lowest BCUT2D eigenvalue weighted by atomic mass is 10.1. The number of pyridine rings is 1. The van der Waals surface area contributed by atoms with Crippen molar-refractivity contribution in [3.05, 3.63) is 76.5 Å². The van der Waals surface area contributed by atoms with Gasteiger partial charge in [0.05, 0.1) is 51.1 Å². The summed E-state index contributed by atoms with van der Waals surface area (Å²) in [5.41, 5.74) is 6.40. The van der Waals surface area contributed by atoms with Gasteiger partial charge in [-0.05, 0) is 81.1 Å². The van der Waals surface area contributed by atoms with Gasteiger partial charge in [-0.3, -0.25) is 14.8 Å². The number of rotatable bonds is 5. The first kappa shape index (κ1) is 25.0. The zero-order valence-corrected chi connectivity index (χ0v) is 22.3. The van der Waals surface area contributed by atoms with Crippen LogP contribution >= 0.6 is 0 Å². The van der Waals surface area contributed by atoms with E-state index in [0.717, 1.165) is 94.8 Å². The van der Waals surface area contributed by atoms with Crippen LogP contribution in [0, 0.1) is 6.92 Å². The Kier molecular flexibility index (Phi) is 6.94. The molecule has 0 spiro atoms. The highest BCUT2D eigenvalue weighted by Gasteiger charge is 2.18. The number of anilines is 3. The molecule has 0 radical (unpaired) electrons. The van der Waals surface area contributed by atoms with Gasteiger partial charge in [0.2, 0.25) is 5.91 Å². The van der Waals surface area contributed by atoms with Crippen molar-refractivity contribution in [1.82, 2.24) is 14.5 Å². The van der Waals surface area contributed by atoms with E-state index in [0.29, 0.717) is 0 Å². The monoisotopic (exact) mass is 520 g/mol. The molecule has 0 unspecified atom stereocenters. The molecule has 2 aliphatic carbocycles. The Balaban J connectivity index is 1.57. The molecule has 1 amide bonds. The van der Waals surface area contributed by atoms with Crippen molar-refractivity contribution in [2.75, 3.05) is 23.8 Å². The number of carbonyl (C=O) groups is 1. The number of hydrogen-bond acceptors (Lipinski definition) is 6. The summed E-state index contributed by atoms with van der Waals surface area (Å²) in [6.07, 6.45) is 10.0. The molecule has 8 heteroatoms. The molecule has 1 saturated heterocycles. The minimum Gasteiger partial charge on any atom is -0.381 e. The van der Waals surface area contributed by atoms with E-state index in [1.807, 2.05) is 49.5 Å². The third-order valence-electron chi connectivity index (χ3n) is 7.07. The highest BCUT2D eigenvalue weighted by atomic mass is 16.5. The summed E-state index contributed by atoms with van der Waals surface area (Å²) in [5.74, 6) is -0.0896. The predicted octanol–water partition coefficient (Wildman–Crippen LogP) is 3.82. The normalized spacial score (nSPS) is 15.8. The van der Waals surface area contributed by atoms with E-state index in [4.69, 9.17) is 14.7 Å². The molecule has 2 aromatic rings. The van der Waals surface area contributed by atoms with Crippen LogP contribution in [0.3, 0.4) is 0 Å². The van der Waals surface area contributed by atoms with E-state index in [2.05, 4.69) is 44.5 Å². The number of hydrogen-bond donors (Lipinski definition) is 2. The van der Waals surface area contributed by atoms with Crippen molar-refractivity contribution < 1.29 is 9.53 Å². The number of nitrogens with one attached hydrogen (secondary N) is 2. The number of benzene rings is 2. The molecular formula is C31H32N6O2. The standard InChI is InChI=1S/C31H32N6O2/c1-20-7-8-24(19-32-20)35-27-17-29-31(18-28(27)34-23-13-15-39-16-14-23)37(30-6-4-3-5-26(30)36-29)25-11-9-22(10-12-25)33-21(2)38/h5-12,17-19,23,35H,3-4,13-16H2,1-2H3,(H,33,38). The lowest BCUT2D eigenvalue weighted by molar-refractivity contribution is -0.114. The minimum atomic E-state index is -0.0896. The Morgan fingerprint density at radius 1 is 1.03 bits per heavy atom. The molecule has 0 bridgehead atoms. The largest absolute Gasteiger partial charge is 0.381 e. The molecule has 1 fully saturated rings. The second-order valence-corrected chi connectivity index (χ2v) is 10.1. The zero-order valence-electron chi connectivity index (χ0n) is 22.3. The van der Waals surface area contributed by atoms with Crippen molar-refractivity contribution in [2.24, 2.45) is 4.99 Å². The summed E-state index contributed by atoms with van der Waals surface area (Å²) >= 11 is 0. The van der Waals surface area contributed by atoms with Gasteiger partial charge in [-0.25, -0.2) is 4.98 Å². The quantitative estimate of drug-likeness (QED) is 0.417. The third kappa shape index (κ3) is 5.47. The minimum absolute atomic E-state index is 0.0896. The Labute approximate surface area is 227 Å². The molecule has 8 nitrogen and oxygen atoms in total. The van der Waals surface area contributed by atoms with E-state index in [9.17, 15) is 4.79 Å². The first-order chi connectivity index (χ1) is 19.0. The van der Waals surface area contributed by atoms with Gasteiger partial charge in [0.25, 0.3) is 0 Å². The average Bonchev–Trinajstić information content (AvgIpc) is 2.94. The molecule has 2 aliphatic heterocycles. The topological polar surface area (TPSA) is 93.4 Å². The van der Waals surface area contributed by atoms with Crippen LogP contribution in [-0.2, 0) is 9.53 Å². The van der Waals surface area contributed by atoms with Crippen LogP contribution in [-0.4, -0.2) is 39.7 Å². The molecule has 2 N–H and O–H groups in total. The molecular weight excluding hydrogens is 488 g/mol. The van der Waals surface area contributed by atoms with Gasteiger partial charge in [-0.15, -0.1) is 0 Å². The van der Waals surface area contributed by atoms with Crippen LogP contribution in [0.4, 0.5) is 17.1 Å². The van der Waals surface area contributed by atoms with Crippen LogP contribution in [0.25, 0.3) is 29.2 Å².